The van der Waals surface area contributed by atoms with Gasteiger partial charge in [-0.25, -0.2) is 0 Å². The summed E-state index contributed by atoms with van der Waals surface area (Å²) in [5, 5.41) is 6.25. The van der Waals surface area contributed by atoms with Crippen molar-refractivity contribution in [1.82, 2.24) is 10.6 Å². The Morgan fingerprint density at radius 2 is 2.50 bits per heavy atom. The largest absolute Gasteiger partial charge is 0.352 e. The number of hydrogen-bond donors (Lipinski definition) is 2. The molecule has 3 heteroatoms. The van der Waals surface area contributed by atoms with Crippen molar-refractivity contribution in [3.8, 4) is 0 Å². The van der Waals surface area contributed by atoms with E-state index in [0.717, 1.165) is 25.9 Å². The summed E-state index contributed by atoms with van der Waals surface area (Å²) in [6.45, 7) is 5.97. The van der Waals surface area contributed by atoms with E-state index < -0.39 is 0 Å². The van der Waals surface area contributed by atoms with Crippen LogP contribution in [0.3, 0.4) is 0 Å². The lowest BCUT2D eigenvalue weighted by Crippen LogP contribution is -2.39. The molecule has 70 valence electrons. The molecular formula is C9H18N2O. The van der Waals surface area contributed by atoms with Gasteiger partial charge in [0.25, 0.3) is 0 Å². The summed E-state index contributed by atoms with van der Waals surface area (Å²) < 4.78 is 0. The second-order valence-electron chi connectivity index (χ2n) is 3.51. The molecule has 1 unspecified atom stereocenters. The summed E-state index contributed by atoms with van der Waals surface area (Å²) in [7, 11) is 0. The number of carbonyl (C=O) groups is 1. The molecule has 1 aliphatic heterocycles. The first-order valence-corrected chi connectivity index (χ1v) is 4.75. The normalized spacial score (nSPS) is 25.3. The summed E-state index contributed by atoms with van der Waals surface area (Å²) in [5.41, 5.74) is 0. The molecule has 0 radical (unpaired) electrons. The number of hydrogen-bond acceptors (Lipinski definition) is 2. The zero-order valence-electron chi connectivity index (χ0n) is 7.89. The molecule has 1 fully saturated rings. The third-order valence-electron chi connectivity index (χ3n) is 2.47. The molecule has 2 N–H and O–H groups in total. The minimum Gasteiger partial charge on any atom is -0.352 e. The van der Waals surface area contributed by atoms with Crippen LogP contribution in [0.1, 0.15) is 26.7 Å². The van der Waals surface area contributed by atoms with E-state index in [1.807, 2.05) is 13.8 Å². The van der Waals surface area contributed by atoms with Gasteiger partial charge in [-0.3, -0.25) is 4.79 Å². The Morgan fingerprint density at radius 1 is 1.75 bits per heavy atom. The molecule has 12 heavy (non-hydrogen) atoms. The first-order chi connectivity index (χ1) is 5.74. The standard InChI is InChI=1S/C9H18N2O/c1-3-7(2)9(12)11-8-4-5-10-6-8/h7-8,10H,3-6H2,1-2H3,(H,11,12)/t7?,8-/m0/s1. The van der Waals surface area contributed by atoms with E-state index in [1.165, 1.54) is 0 Å². The van der Waals surface area contributed by atoms with Crippen molar-refractivity contribution in [2.75, 3.05) is 13.1 Å². The fourth-order valence-electron chi connectivity index (χ4n) is 1.31. The first kappa shape index (κ1) is 9.52. The molecule has 1 rings (SSSR count). The lowest BCUT2D eigenvalue weighted by atomic mass is 10.1. The van der Waals surface area contributed by atoms with E-state index in [9.17, 15) is 4.79 Å². The summed E-state index contributed by atoms with van der Waals surface area (Å²) in [5.74, 6) is 0.358. The Hall–Kier alpha value is -0.570. The van der Waals surface area contributed by atoms with Gasteiger partial charge in [-0.05, 0) is 19.4 Å². The van der Waals surface area contributed by atoms with Crippen LogP contribution >= 0.6 is 0 Å². The summed E-state index contributed by atoms with van der Waals surface area (Å²) >= 11 is 0. The summed E-state index contributed by atoms with van der Waals surface area (Å²) in [6.07, 6.45) is 1.99. The van der Waals surface area contributed by atoms with Crippen LogP contribution in [-0.4, -0.2) is 25.0 Å². The molecule has 2 atom stereocenters. The van der Waals surface area contributed by atoms with Gasteiger partial charge in [0, 0.05) is 18.5 Å². The van der Waals surface area contributed by atoms with E-state index in [0.29, 0.717) is 6.04 Å². The highest BCUT2D eigenvalue weighted by Crippen LogP contribution is 2.03. The van der Waals surface area contributed by atoms with Gasteiger partial charge in [0.15, 0.2) is 0 Å². The van der Waals surface area contributed by atoms with E-state index in [2.05, 4.69) is 10.6 Å². The number of rotatable bonds is 3. The predicted octanol–water partition coefficient (Wildman–Crippen LogP) is 0.511. The van der Waals surface area contributed by atoms with Crippen LogP contribution in [0.15, 0.2) is 0 Å². The van der Waals surface area contributed by atoms with Crippen molar-refractivity contribution in [2.45, 2.75) is 32.7 Å². The van der Waals surface area contributed by atoms with Crippen molar-refractivity contribution in [3.63, 3.8) is 0 Å². The van der Waals surface area contributed by atoms with Crippen molar-refractivity contribution in [2.24, 2.45) is 5.92 Å². The highest BCUT2D eigenvalue weighted by atomic mass is 16.1. The second kappa shape index (κ2) is 4.45. The van der Waals surface area contributed by atoms with Crippen LogP contribution in [0.2, 0.25) is 0 Å². The number of carbonyl (C=O) groups excluding carboxylic acids is 1. The molecule has 1 heterocycles. The van der Waals surface area contributed by atoms with E-state index in [4.69, 9.17) is 0 Å². The maximum Gasteiger partial charge on any atom is 0.223 e. The lowest BCUT2D eigenvalue weighted by Gasteiger charge is -2.14. The van der Waals surface area contributed by atoms with E-state index >= 15 is 0 Å². The van der Waals surface area contributed by atoms with Crippen molar-refractivity contribution < 1.29 is 4.79 Å². The monoisotopic (exact) mass is 170 g/mol. The molecule has 1 saturated heterocycles. The Kier molecular flexibility index (Phi) is 3.53. The molecule has 0 saturated carbocycles. The molecule has 0 bridgehead atoms. The smallest absolute Gasteiger partial charge is 0.223 e. The Balaban J connectivity index is 2.25. The van der Waals surface area contributed by atoms with Gasteiger partial charge in [-0.15, -0.1) is 0 Å². The third kappa shape index (κ3) is 2.48. The van der Waals surface area contributed by atoms with Gasteiger partial charge in [-0.1, -0.05) is 13.8 Å². The first-order valence-electron chi connectivity index (χ1n) is 4.75. The SMILES string of the molecule is CCC(C)C(=O)N[C@H]1CCNC1. The Morgan fingerprint density at radius 3 is 3.00 bits per heavy atom. The van der Waals surface area contributed by atoms with Crippen LogP contribution in [-0.2, 0) is 4.79 Å². The molecule has 0 aromatic rings. The van der Waals surface area contributed by atoms with Crippen molar-refractivity contribution in [1.29, 1.82) is 0 Å². The Labute approximate surface area is 73.9 Å². The zero-order chi connectivity index (χ0) is 8.97. The molecule has 0 spiro atoms. The second-order valence-corrected chi connectivity index (χ2v) is 3.51. The van der Waals surface area contributed by atoms with Crippen molar-refractivity contribution >= 4 is 5.91 Å². The van der Waals surface area contributed by atoms with Gasteiger partial charge in [-0.2, -0.15) is 0 Å². The van der Waals surface area contributed by atoms with Gasteiger partial charge in [0.1, 0.15) is 0 Å². The van der Waals surface area contributed by atoms with E-state index in [-0.39, 0.29) is 11.8 Å². The number of amides is 1. The molecule has 3 nitrogen and oxygen atoms in total. The minimum atomic E-state index is 0.158. The molecule has 0 aromatic heterocycles. The van der Waals surface area contributed by atoms with Crippen LogP contribution in [0.5, 0.6) is 0 Å². The van der Waals surface area contributed by atoms with E-state index in [1.54, 1.807) is 0 Å². The van der Waals surface area contributed by atoms with Crippen LogP contribution in [0, 0.1) is 5.92 Å². The molecule has 1 amide bonds. The van der Waals surface area contributed by atoms with Gasteiger partial charge >= 0.3 is 0 Å². The molecular weight excluding hydrogens is 152 g/mol. The van der Waals surface area contributed by atoms with Gasteiger partial charge in [0.2, 0.25) is 5.91 Å². The van der Waals surface area contributed by atoms with Crippen LogP contribution in [0.4, 0.5) is 0 Å². The topological polar surface area (TPSA) is 41.1 Å². The predicted molar refractivity (Wildman–Crippen MR) is 48.9 cm³/mol. The van der Waals surface area contributed by atoms with Crippen LogP contribution < -0.4 is 10.6 Å². The maximum atomic E-state index is 11.4. The third-order valence-corrected chi connectivity index (χ3v) is 2.47. The summed E-state index contributed by atoms with van der Waals surface area (Å²) in [6, 6.07) is 0.367. The fraction of sp³-hybridized carbons (Fsp3) is 0.889. The number of nitrogens with one attached hydrogen (secondary N) is 2. The zero-order valence-corrected chi connectivity index (χ0v) is 7.89. The lowest BCUT2D eigenvalue weighted by molar-refractivity contribution is -0.125. The van der Waals surface area contributed by atoms with Crippen molar-refractivity contribution in [3.05, 3.63) is 0 Å². The highest BCUT2D eigenvalue weighted by Gasteiger charge is 2.18. The molecule has 1 aliphatic rings. The highest BCUT2D eigenvalue weighted by molar-refractivity contribution is 5.78. The Bertz CT molecular complexity index is 153. The fourth-order valence-corrected chi connectivity index (χ4v) is 1.31. The summed E-state index contributed by atoms with van der Waals surface area (Å²) in [4.78, 5) is 11.4. The average molecular weight is 170 g/mol. The quantitative estimate of drug-likeness (QED) is 0.648. The molecule has 0 aromatic carbocycles. The molecule has 0 aliphatic carbocycles. The van der Waals surface area contributed by atoms with Gasteiger partial charge < -0.3 is 10.6 Å². The van der Waals surface area contributed by atoms with Gasteiger partial charge in [0.05, 0.1) is 0 Å². The van der Waals surface area contributed by atoms with Crippen LogP contribution in [0.25, 0.3) is 0 Å². The maximum absolute atomic E-state index is 11.4. The minimum absolute atomic E-state index is 0.158. The average Bonchev–Trinajstić information content (AvgIpc) is 2.55.